The van der Waals surface area contributed by atoms with Gasteiger partial charge in [0.05, 0.1) is 10.7 Å². The second-order valence-corrected chi connectivity index (χ2v) is 9.21. The molecular formula is C26H18Cl3N3O. The molecule has 33 heavy (non-hydrogen) atoms. The van der Waals surface area contributed by atoms with Crippen LogP contribution in [-0.2, 0) is 12.8 Å². The zero-order valence-corrected chi connectivity index (χ0v) is 19.6. The summed E-state index contributed by atoms with van der Waals surface area (Å²) in [5.74, 6) is -0.230. The third kappa shape index (κ3) is 4.60. The van der Waals surface area contributed by atoms with Gasteiger partial charge in [-0.2, -0.15) is 0 Å². The van der Waals surface area contributed by atoms with Gasteiger partial charge in [0.25, 0.3) is 5.91 Å². The van der Waals surface area contributed by atoms with Gasteiger partial charge in [-0.3, -0.25) is 4.79 Å². The zero-order valence-electron chi connectivity index (χ0n) is 17.4. The van der Waals surface area contributed by atoms with Crippen molar-refractivity contribution >= 4 is 40.7 Å². The van der Waals surface area contributed by atoms with Gasteiger partial charge in [-0.05, 0) is 59.9 Å². The number of fused-ring (bicyclic) bond motifs is 1. The van der Waals surface area contributed by atoms with Gasteiger partial charge in [0.15, 0.2) is 0 Å². The van der Waals surface area contributed by atoms with E-state index in [2.05, 4.69) is 27.4 Å². The number of hydrogen-bond acceptors (Lipinski definition) is 3. The fourth-order valence-electron chi connectivity index (χ4n) is 4.13. The molecule has 1 aliphatic rings. The zero-order chi connectivity index (χ0) is 22.9. The molecule has 0 aliphatic heterocycles. The molecule has 164 valence electrons. The average Bonchev–Trinajstić information content (AvgIpc) is 3.22. The maximum absolute atomic E-state index is 13.1. The molecule has 0 radical (unpaired) electrons. The summed E-state index contributed by atoms with van der Waals surface area (Å²) in [4.78, 5) is 22.1. The molecule has 1 heterocycles. The monoisotopic (exact) mass is 493 g/mol. The highest BCUT2D eigenvalue weighted by Crippen LogP contribution is 2.36. The topological polar surface area (TPSA) is 54.9 Å². The Bertz CT molecular complexity index is 1330. The standard InChI is InChI=1S/C26H18Cl3N3O/c27-18-7-5-15(6-8-18)22-14-30-25(32-24(22)21-10-9-19(28)13-23(21)29)26(33)31-20-11-16-3-1-2-4-17(16)12-20/h1-10,13-14,20H,11-12H2,(H,31,33). The van der Waals surface area contributed by atoms with E-state index in [1.54, 1.807) is 36.5 Å². The minimum absolute atomic E-state index is 0.0111. The molecule has 0 bridgehead atoms. The van der Waals surface area contributed by atoms with Crippen LogP contribution in [-0.4, -0.2) is 21.9 Å². The first-order valence-corrected chi connectivity index (χ1v) is 11.6. The summed E-state index contributed by atoms with van der Waals surface area (Å²) >= 11 is 18.7. The van der Waals surface area contributed by atoms with Gasteiger partial charge in [-0.15, -0.1) is 0 Å². The van der Waals surface area contributed by atoms with Crippen LogP contribution >= 0.6 is 34.8 Å². The Morgan fingerprint density at radius 2 is 1.52 bits per heavy atom. The molecule has 0 saturated heterocycles. The number of rotatable bonds is 4. The van der Waals surface area contributed by atoms with Gasteiger partial charge < -0.3 is 5.32 Å². The van der Waals surface area contributed by atoms with Crippen LogP contribution in [0.2, 0.25) is 15.1 Å². The SMILES string of the molecule is O=C(NC1Cc2ccccc2C1)c1ncc(-c2ccc(Cl)cc2)c(-c2ccc(Cl)cc2Cl)n1. The number of hydrogen-bond donors (Lipinski definition) is 1. The molecular weight excluding hydrogens is 477 g/mol. The van der Waals surface area contributed by atoms with Crippen molar-refractivity contribution in [2.75, 3.05) is 0 Å². The molecule has 0 atom stereocenters. The van der Waals surface area contributed by atoms with E-state index in [1.807, 2.05) is 24.3 Å². The molecule has 1 aliphatic carbocycles. The fourth-order valence-corrected chi connectivity index (χ4v) is 4.75. The van der Waals surface area contributed by atoms with Crippen molar-refractivity contribution in [3.05, 3.63) is 105 Å². The van der Waals surface area contributed by atoms with Gasteiger partial charge in [-0.25, -0.2) is 9.97 Å². The van der Waals surface area contributed by atoms with E-state index in [1.165, 1.54) is 11.1 Å². The largest absolute Gasteiger partial charge is 0.346 e. The van der Waals surface area contributed by atoms with Gasteiger partial charge in [0, 0.05) is 33.4 Å². The fraction of sp³-hybridized carbons (Fsp3) is 0.115. The third-order valence-electron chi connectivity index (χ3n) is 5.72. The molecule has 0 spiro atoms. The van der Waals surface area contributed by atoms with Crippen LogP contribution in [0.25, 0.3) is 22.4 Å². The van der Waals surface area contributed by atoms with Crippen molar-refractivity contribution in [3.63, 3.8) is 0 Å². The molecule has 4 aromatic rings. The number of amides is 1. The van der Waals surface area contributed by atoms with E-state index >= 15 is 0 Å². The summed E-state index contributed by atoms with van der Waals surface area (Å²) < 4.78 is 0. The van der Waals surface area contributed by atoms with Crippen LogP contribution in [0.1, 0.15) is 21.7 Å². The number of carbonyl (C=O) groups excluding carboxylic acids is 1. The van der Waals surface area contributed by atoms with Crippen LogP contribution in [0.15, 0.2) is 72.9 Å². The van der Waals surface area contributed by atoms with Crippen LogP contribution in [0, 0.1) is 0 Å². The molecule has 4 nitrogen and oxygen atoms in total. The second-order valence-electron chi connectivity index (χ2n) is 7.93. The second kappa shape index (κ2) is 9.14. The Morgan fingerprint density at radius 3 is 2.18 bits per heavy atom. The van der Waals surface area contributed by atoms with E-state index in [-0.39, 0.29) is 17.8 Å². The van der Waals surface area contributed by atoms with Crippen molar-refractivity contribution in [2.45, 2.75) is 18.9 Å². The minimum Gasteiger partial charge on any atom is -0.346 e. The number of carbonyl (C=O) groups is 1. The maximum atomic E-state index is 13.1. The van der Waals surface area contributed by atoms with Crippen molar-refractivity contribution < 1.29 is 4.79 Å². The summed E-state index contributed by atoms with van der Waals surface area (Å²) in [7, 11) is 0. The van der Waals surface area contributed by atoms with Crippen LogP contribution in [0.5, 0.6) is 0 Å². The van der Waals surface area contributed by atoms with E-state index in [4.69, 9.17) is 34.8 Å². The summed E-state index contributed by atoms with van der Waals surface area (Å²) in [6.45, 7) is 0. The van der Waals surface area contributed by atoms with Crippen LogP contribution < -0.4 is 5.32 Å². The quantitative estimate of drug-likeness (QED) is 0.345. The normalized spacial score (nSPS) is 13.1. The predicted molar refractivity (Wildman–Crippen MR) is 133 cm³/mol. The molecule has 0 unspecified atom stereocenters. The molecule has 0 fully saturated rings. The molecule has 1 N–H and O–H groups in total. The van der Waals surface area contributed by atoms with Crippen molar-refractivity contribution in [1.29, 1.82) is 0 Å². The molecule has 1 aromatic heterocycles. The van der Waals surface area contributed by atoms with E-state index in [0.717, 1.165) is 24.0 Å². The highest BCUT2D eigenvalue weighted by Gasteiger charge is 2.25. The van der Waals surface area contributed by atoms with Crippen LogP contribution in [0.3, 0.4) is 0 Å². The van der Waals surface area contributed by atoms with Gasteiger partial charge in [0.1, 0.15) is 0 Å². The number of nitrogens with one attached hydrogen (secondary N) is 1. The molecule has 7 heteroatoms. The molecule has 3 aromatic carbocycles. The first-order valence-electron chi connectivity index (χ1n) is 10.4. The van der Waals surface area contributed by atoms with Crippen molar-refractivity contribution in [3.8, 4) is 22.4 Å². The number of aromatic nitrogens is 2. The Labute approximate surface area is 206 Å². The maximum Gasteiger partial charge on any atom is 0.289 e. The van der Waals surface area contributed by atoms with Crippen molar-refractivity contribution in [1.82, 2.24) is 15.3 Å². The first kappa shape index (κ1) is 21.9. The van der Waals surface area contributed by atoms with Gasteiger partial charge in [-0.1, -0.05) is 71.2 Å². The number of halogens is 3. The predicted octanol–water partition coefficient (Wildman–Crippen LogP) is 6.67. The first-order chi connectivity index (χ1) is 16.0. The van der Waals surface area contributed by atoms with E-state index in [9.17, 15) is 4.79 Å². The highest BCUT2D eigenvalue weighted by molar-refractivity contribution is 6.36. The minimum atomic E-state index is -0.318. The smallest absolute Gasteiger partial charge is 0.289 e. The van der Waals surface area contributed by atoms with Crippen molar-refractivity contribution in [2.24, 2.45) is 0 Å². The summed E-state index contributed by atoms with van der Waals surface area (Å²) in [5.41, 5.74) is 5.33. The Balaban J connectivity index is 1.50. The Hall–Kier alpha value is -2.92. The average molecular weight is 495 g/mol. The van der Waals surface area contributed by atoms with Crippen LogP contribution in [0.4, 0.5) is 0 Å². The lowest BCUT2D eigenvalue weighted by Crippen LogP contribution is -2.36. The lowest BCUT2D eigenvalue weighted by Gasteiger charge is -2.14. The molecule has 0 saturated carbocycles. The van der Waals surface area contributed by atoms with Gasteiger partial charge in [0.2, 0.25) is 5.82 Å². The molecule has 1 amide bonds. The number of nitrogens with zero attached hydrogens (tertiary/aromatic N) is 2. The highest BCUT2D eigenvalue weighted by atomic mass is 35.5. The lowest BCUT2D eigenvalue weighted by molar-refractivity contribution is 0.0928. The molecule has 5 rings (SSSR count). The summed E-state index contributed by atoms with van der Waals surface area (Å²) in [5, 5.41) is 4.66. The van der Waals surface area contributed by atoms with E-state index in [0.29, 0.717) is 26.3 Å². The lowest BCUT2D eigenvalue weighted by atomic mass is 10.0. The van der Waals surface area contributed by atoms with E-state index < -0.39 is 0 Å². The Morgan fingerprint density at radius 1 is 0.848 bits per heavy atom. The Kier molecular flexibility index (Phi) is 6.07. The number of benzene rings is 3. The van der Waals surface area contributed by atoms with Gasteiger partial charge >= 0.3 is 0 Å². The summed E-state index contributed by atoms with van der Waals surface area (Å²) in [6, 6.07) is 20.8. The third-order valence-corrected chi connectivity index (χ3v) is 6.52. The summed E-state index contributed by atoms with van der Waals surface area (Å²) in [6.07, 6.45) is 3.23.